The van der Waals surface area contributed by atoms with Crippen LogP contribution in [0.2, 0.25) is 0 Å². The van der Waals surface area contributed by atoms with E-state index in [9.17, 15) is 0 Å². The van der Waals surface area contributed by atoms with Gasteiger partial charge in [-0.1, -0.05) is 6.92 Å². The summed E-state index contributed by atoms with van der Waals surface area (Å²) in [5, 5.41) is 3.25. The van der Waals surface area contributed by atoms with Gasteiger partial charge in [-0.2, -0.15) is 0 Å². The molecule has 0 amide bonds. The van der Waals surface area contributed by atoms with Crippen LogP contribution in [0.15, 0.2) is 0 Å². The van der Waals surface area contributed by atoms with Crippen LogP contribution >= 0.6 is 143 Å². The Hall–Kier alpha value is 5.16. The highest BCUT2D eigenvalue weighted by molar-refractivity contribution is 14.3. The van der Waals surface area contributed by atoms with Gasteiger partial charge >= 0.3 is 0 Å². The molecule has 14 heavy (non-hydrogen) atoms. The Morgan fingerprint density at radius 3 is 1.50 bits per heavy atom. The fourth-order valence-corrected chi connectivity index (χ4v) is 4.37. The van der Waals surface area contributed by atoms with E-state index in [4.69, 9.17) is 4.52 Å². The van der Waals surface area contributed by atoms with Crippen molar-refractivity contribution in [1.82, 2.24) is 5.09 Å². The minimum Gasteiger partial charge on any atom is -0.340 e. The first-order valence-corrected chi connectivity index (χ1v) is 16.9. The molecule has 0 aliphatic carbocycles. The summed E-state index contributed by atoms with van der Waals surface area (Å²) in [6.45, 7) is 6.06. The molecule has 0 saturated heterocycles. The molecule has 0 fully saturated rings. The van der Waals surface area contributed by atoms with E-state index < -0.39 is 0 Å². The zero-order valence-electron chi connectivity index (χ0n) is 7.55. The second-order valence-corrected chi connectivity index (χ2v) is 24.9. The fourth-order valence-electron chi connectivity index (χ4n) is 0.217. The van der Waals surface area contributed by atoms with E-state index in [1.54, 1.807) is 0 Å². The van der Waals surface area contributed by atoms with Gasteiger partial charge in [-0.15, -0.1) is 48.0 Å². The molecular weight excluding hydrogens is 901 g/mol. The first-order valence-electron chi connectivity index (χ1n) is 3.14. The first kappa shape index (κ1) is 27.5. The SMILES string of the molecule is CCNP(I)I.CCOP(I)I.I.I. The van der Waals surface area contributed by atoms with Crippen LogP contribution in [0.3, 0.4) is 0 Å². The molecule has 0 unspecified atom stereocenters. The minimum absolute atomic E-state index is 0. The van der Waals surface area contributed by atoms with E-state index in [-0.39, 0.29) is 54.7 Å². The predicted octanol–water partition coefficient (Wildman–Crippen LogP) is 7.05. The topological polar surface area (TPSA) is 21.3 Å². The van der Waals surface area contributed by atoms with Crippen LogP contribution in [0, 0.1) is 0 Å². The molecule has 0 rings (SSSR count). The summed E-state index contributed by atoms with van der Waals surface area (Å²) in [6, 6.07) is 0. The number of halogens is 6. The van der Waals surface area contributed by atoms with Crippen molar-refractivity contribution in [2.75, 3.05) is 13.2 Å². The summed E-state index contributed by atoms with van der Waals surface area (Å²) in [5.74, 6) is 0. The zero-order valence-corrected chi connectivity index (χ0v) is 22.6. The van der Waals surface area contributed by atoms with Crippen molar-refractivity contribution in [3.8, 4) is 0 Å². The largest absolute Gasteiger partial charge is 0.340 e. The minimum atomic E-state index is -0.161. The molecule has 0 aliphatic rings. The van der Waals surface area contributed by atoms with E-state index in [2.05, 4.69) is 100 Å². The smallest absolute Gasteiger partial charge is 0.159 e. The van der Waals surface area contributed by atoms with Crippen LogP contribution in [-0.4, -0.2) is 13.2 Å². The molecule has 0 aliphatic heterocycles. The van der Waals surface area contributed by atoms with Gasteiger partial charge in [0, 0.05) is 6.61 Å². The normalized spacial score (nSPS) is 8.57. The van der Waals surface area contributed by atoms with Crippen molar-refractivity contribution in [2.45, 2.75) is 13.8 Å². The molecular formula is C4H13I6NOP2. The van der Waals surface area contributed by atoms with Gasteiger partial charge in [0.25, 0.3) is 0 Å². The number of rotatable bonds is 4. The van der Waals surface area contributed by atoms with Crippen molar-refractivity contribution in [2.24, 2.45) is 0 Å². The fraction of sp³-hybridized carbons (Fsp3) is 1.00. The average molecular weight is 915 g/mol. The van der Waals surface area contributed by atoms with Gasteiger partial charge in [0.2, 0.25) is 0 Å². The molecule has 0 aromatic carbocycles. The number of nitrogens with one attached hydrogen (secondary N) is 1. The first-order chi connectivity index (χ1) is 5.54. The zero-order chi connectivity index (χ0) is 9.98. The highest BCUT2D eigenvalue weighted by Gasteiger charge is 1.89. The second kappa shape index (κ2) is 23.3. The van der Waals surface area contributed by atoms with Gasteiger partial charge in [-0.25, -0.2) is 0 Å². The Morgan fingerprint density at radius 1 is 1.07 bits per heavy atom. The molecule has 1 N–H and O–H groups in total. The maximum Gasteiger partial charge on any atom is 0.159 e. The molecule has 92 valence electrons. The summed E-state index contributed by atoms with van der Waals surface area (Å²) in [5.41, 5.74) is 0. The highest BCUT2D eigenvalue weighted by atomic mass is 127. The molecule has 0 bridgehead atoms. The molecule has 0 saturated carbocycles. The van der Waals surface area contributed by atoms with E-state index in [1.807, 2.05) is 6.92 Å². The van der Waals surface area contributed by atoms with Gasteiger partial charge in [0.05, 0.1) is 3.36 Å². The third kappa shape index (κ3) is 36.0. The van der Waals surface area contributed by atoms with Gasteiger partial charge in [-0.05, 0) is 102 Å². The third-order valence-corrected chi connectivity index (χ3v) is 5.23. The Bertz CT molecular complexity index is 80.2. The number of hydrogen-bond donors (Lipinski definition) is 1. The predicted molar refractivity (Wildman–Crippen MR) is 126 cm³/mol. The molecule has 0 heterocycles. The van der Waals surface area contributed by atoms with E-state index in [0.29, 0.717) is 0 Å². The highest BCUT2D eigenvalue weighted by Crippen LogP contribution is 2.54. The van der Waals surface area contributed by atoms with Crippen LogP contribution in [-0.2, 0) is 4.52 Å². The van der Waals surface area contributed by atoms with E-state index in [1.165, 1.54) is 0 Å². The molecule has 10 heteroatoms. The molecule has 0 aromatic heterocycles. The van der Waals surface area contributed by atoms with Gasteiger partial charge in [-0.3, -0.25) is 5.09 Å². The molecule has 0 aromatic rings. The molecule has 0 radical (unpaired) electrons. The van der Waals surface area contributed by atoms with Crippen molar-refractivity contribution >= 4 is 143 Å². The maximum absolute atomic E-state index is 5.08. The summed E-state index contributed by atoms with van der Waals surface area (Å²) >= 11 is 9.31. The molecule has 0 atom stereocenters. The summed E-state index contributed by atoms with van der Waals surface area (Å²) < 4.78 is 5.01. The summed E-state index contributed by atoms with van der Waals surface area (Å²) in [4.78, 5) is 0. The quantitative estimate of drug-likeness (QED) is 0.242. The third-order valence-electron chi connectivity index (χ3n) is 0.504. The van der Waals surface area contributed by atoms with Gasteiger partial charge < -0.3 is 4.52 Å². The molecule has 0 spiro atoms. The van der Waals surface area contributed by atoms with Crippen molar-refractivity contribution in [3.05, 3.63) is 0 Å². The van der Waals surface area contributed by atoms with E-state index in [0.717, 1.165) is 13.2 Å². The van der Waals surface area contributed by atoms with E-state index >= 15 is 0 Å². The monoisotopic (exact) mass is 914 g/mol. The summed E-state index contributed by atoms with van der Waals surface area (Å²) in [7, 11) is 0. The van der Waals surface area contributed by atoms with Gasteiger partial charge in [0.1, 0.15) is 0 Å². The Kier molecular flexibility index (Phi) is 45.7. The lowest BCUT2D eigenvalue weighted by Gasteiger charge is -1.96. The lowest BCUT2D eigenvalue weighted by molar-refractivity contribution is 0.397. The van der Waals surface area contributed by atoms with Crippen LogP contribution in [0.4, 0.5) is 0 Å². The maximum atomic E-state index is 5.08. The standard InChI is InChI=1S/C2H6I2NP.C2H5I2OP.2HI/c2*1-2-5-6(3)4;;/h5H,2H2,1H3;2H2,1H3;2*1H. The van der Waals surface area contributed by atoms with Crippen LogP contribution in [0.1, 0.15) is 13.8 Å². The number of hydrogen-bond acceptors (Lipinski definition) is 2. The van der Waals surface area contributed by atoms with Crippen LogP contribution in [0.5, 0.6) is 0 Å². The average Bonchev–Trinajstić information content (AvgIpc) is 1.87. The lowest BCUT2D eigenvalue weighted by Crippen LogP contribution is -1.96. The Balaban J connectivity index is -0.0000000625. The second-order valence-electron chi connectivity index (χ2n) is 1.36. The lowest BCUT2D eigenvalue weighted by atomic mass is 10.8. The van der Waals surface area contributed by atoms with Crippen LogP contribution in [0.25, 0.3) is 0 Å². The van der Waals surface area contributed by atoms with Crippen LogP contribution < -0.4 is 5.09 Å². The van der Waals surface area contributed by atoms with Gasteiger partial charge in [0.15, 0.2) is 3.43 Å². The van der Waals surface area contributed by atoms with Crippen molar-refractivity contribution in [3.63, 3.8) is 0 Å². The summed E-state index contributed by atoms with van der Waals surface area (Å²) in [6.07, 6.45) is 0. The Morgan fingerprint density at radius 2 is 1.50 bits per heavy atom. The van der Waals surface area contributed by atoms with Crippen molar-refractivity contribution < 1.29 is 4.52 Å². The molecule has 2 nitrogen and oxygen atoms in total. The van der Waals surface area contributed by atoms with Crippen molar-refractivity contribution in [1.29, 1.82) is 0 Å². The Labute approximate surface area is 175 Å².